The van der Waals surface area contributed by atoms with Gasteiger partial charge in [0.15, 0.2) is 0 Å². The van der Waals surface area contributed by atoms with Crippen molar-refractivity contribution in [3.63, 3.8) is 0 Å². The average molecular weight is 392 g/mol. The Labute approximate surface area is 169 Å². The van der Waals surface area contributed by atoms with Crippen LogP contribution < -0.4 is 10.2 Å². The maximum Gasteiger partial charge on any atom is 0.326 e. The lowest BCUT2D eigenvalue weighted by molar-refractivity contribution is -0.153. The summed E-state index contributed by atoms with van der Waals surface area (Å²) < 4.78 is 5.28. The first-order chi connectivity index (χ1) is 13.9. The van der Waals surface area contributed by atoms with Gasteiger partial charge in [-0.25, -0.2) is 4.90 Å². The van der Waals surface area contributed by atoms with Crippen molar-refractivity contribution in [2.75, 3.05) is 11.5 Å². The van der Waals surface area contributed by atoms with E-state index in [4.69, 9.17) is 4.74 Å². The second-order valence-corrected chi connectivity index (χ2v) is 7.81. The number of anilines is 1. The van der Waals surface area contributed by atoms with E-state index in [1.54, 1.807) is 38.1 Å². The summed E-state index contributed by atoms with van der Waals surface area (Å²) in [5.74, 6) is -2.69. The summed E-state index contributed by atoms with van der Waals surface area (Å²) in [7, 11) is 0. The Morgan fingerprint density at radius 3 is 2.34 bits per heavy atom. The van der Waals surface area contributed by atoms with Crippen LogP contribution in [0.3, 0.4) is 0 Å². The number of nitrogens with one attached hydrogen (secondary N) is 1. The van der Waals surface area contributed by atoms with Crippen molar-refractivity contribution >= 4 is 23.5 Å². The molecule has 4 rings (SSSR count). The molecule has 0 spiro atoms. The second kappa shape index (κ2) is 7.12. The summed E-state index contributed by atoms with van der Waals surface area (Å²) in [6.45, 7) is 5.57. The maximum absolute atomic E-state index is 13.4. The van der Waals surface area contributed by atoms with Crippen molar-refractivity contribution < 1.29 is 19.1 Å². The van der Waals surface area contributed by atoms with E-state index >= 15 is 0 Å². The zero-order valence-corrected chi connectivity index (χ0v) is 16.7. The van der Waals surface area contributed by atoms with E-state index in [0.29, 0.717) is 5.69 Å². The third-order valence-electron chi connectivity index (χ3n) is 5.94. The molecule has 2 heterocycles. The highest BCUT2D eigenvalue weighted by molar-refractivity contribution is 6.24. The first kappa shape index (κ1) is 19.3. The summed E-state index contributed by atoms with van der Waals surface area (Å²) in [5, 5.41) is 3.28. The molecule has 2 fully saturated rings. The molecule has 0 aliphatic carbocycles. The number of esters is 1. The Bertz CT molecular complexity index is 957. The molecule has 0 unspecified atom stereocenters. The van der Waals surface area contributed by atoms with Crippen LogP contribution in [-0.2, 0) is 19.1 Å². The van der Waals surface area contributed by atoms with Gasteiger partial charge in [0.2, 0.25) is 11.8 Å². The molecular formula is C23H24N2O4. The third kappa shape index (κ3) is 2.95. The van der Waals surface area contributed by atoms with Crippen molar-refractivity contribution in [1.82, 2.24) is 5.32 Å². The van der Waals surface area contributed by atoms with E-state index in [1.807, 2.05) is 37.3 Å². The first-order valence-corrected chi connectivity index (χ1v) is 9.83. The molecule has 0 aromatic heterocycles. The van der Waals surface area contributed by atoms with Crippen molar-refractivity contribution in [2.45, 2.75) is 32.4 Å². The average Bonchev–Trinajstić information content (AvgIpc) is 3.17. The number of benzene rings is 2. The number of nitrogens with zero attached hydrogens (tertiary/aromatic N) is 1. The Morgan fingerprint density at radius 1 is 1.07 bits per heavy atom. The topological polar surface area (TPSA) is 75.7 Å². The fourth-order valence-electron chi connectivity index (χ4n) is 4.50. The second-order valence-electron chi connectivity index (χ2n) is 7.81. The molecular weight excluding hydrogens is 368 g/mol. The minimum absolute atomic E-state index is 0.202. The van der Waals surface area contributed by atoms with E-state index in [0.717, 1.165) is 11.1 Å². The summed E-state index contributed by atoms with van der Waals surface area (Å²) >= 11 is 0. The Hall–Kier alpha value is -2.99. The van der Waals surface area contributed by atoms with Crippen molar-refractivity contribution in [3.8, 4) is 0 Å². The van der Waals surface area contributed by atoms with Gasteiger partial charge in [-0.05, 0) is 38.5 Å². The monoisotopic (exact) mass is 392 g/mol. The number of carbonyl (C=O) groups excluding carboxylic acids is 3. The van der Waals surface area contributed by atoms with Crippen molar-refractivity contribution in [2.24, 2.45) is 11.8 Å². The van der Waals surface area contributed by atoms with E-state index in [-0.39, 0.29) is 18.4 Å². The van der Waals surface area contributed by atoms with Gasteiger partial charge in [-0.15, -0.1) is 0 Å². The molecule has 2 aromatic carbocycles. The van der Waals surface area contributed by atoms with Crippen LogP contribution in [0.2, 0.25) is 0 Å². The highest BCUT2D eigenvalue weighted by atomic mass is 16.5. The van der Waals surface area contributed by atoms with E-state index in [2.05, 4.69) is 5.32 Å². The van der Waals surface area contributed by atoms with Crippen LogP contribution in [0, 0.1) is 18.8 Å². The summed E-state index contributed by atoms with van der Waals surface area (Å²) in [6, 6.07) is 16.2. The molecule has 0 radical (unpaired) electrons. The van der Waals surface area contributed by atoms with Crippen LogP contribution in [0.15, 0.2) is 54.6 Å². The lowest BCUT2D eigenvalue weighted by atomic mass is 9.80. The molecule has 6 heteroatoms. The van der Waals surface area contributed by atoms with Gasteiger partial charge in [0.25, 0.3) is 0 Å². The Balaban J connectivity index is 1.81. The molecule has 1 N–H and O–H groups in total. The molecule has 6 nitrogen and oxygen atoms in total. The quantitative estimate of drug-likeness (QED) is 0.640. The van der Waals surface area contributed by atoms with Crippen molar-refractivity contribution in [3.05, 3.63) is 65.7 Å². The fraction of sp³-hybridized carbons (Fsp3) is 0.348. The predicted octanol–water partition coefficient (Wildman–Crippen LogP) is 2.77. The Morgan fingerprint density at radius 2 is 1.72 bits per heavy atom. The predicted molar refractivity (Wildman–Crippen MR) is 108 cm³/mol. The first-order valence-electron chi connectivity index (χ1n) is 9.83. The number of para-hydroxylation sites is 1. The minimum Gasteiger partial charge on any atom is -0.465 e. The molecule has 0 bridgehead atoms. The van der Waals surface area contributed by atoms with Crippen LogP contribution in [0.1, 0.15) is 31.0 Å². The summed E-state index contributed by atoms with van der Waals surface area (Å²) in [6.07, 6.45) is 0. The molecule has 29 heavy (non-hydrogen) atoms. The zero-order chi connectivity index (χ0) is 20.8. The largest absolute Gasteiger partial charge is 0.465 e. The normalized spacial score (nSPS) is 28.5. The number of fused-ring (bicyclic) bond motifs is 1. The molecule has 150 valence electrons. The van der Waals surface area contributed by atoms with Crippen molar-refractivity contribution in [1.29, 1.82) is 0 Å². The van der Waals surface area contributed by atoms with Gasteiger partial charge in [0, 0.05) is 6.04 Å². The molecule has 2 aromatic rings. The molecule has 2 aliphatic rings. The van der Waals surface area contributed by atoms with Gasteiger partial charge in [-0.2, -0.15) is 0 Å². The van der Waals surface area contributed by atoms with Crippen LogP contribution in [0.25, 0.3) is 0 Å². The third-order valence-corrected chi connectivity index (χ3v) is 5.94. The smallest absolute Gasteiger partial charge is 0.326 e. The standard InChI is InChI=1S/C23H24N2O4/c1-4-29-22(28)23(3)18-17(19(24-23)15-12-10-14(2)11-13-15)20(26)25(21(18)27)16-8-6-5-7-9-16/h5-13,17-19,24H,4H2,1-3H3/t17-,18+,19-,23-/m0/s1. The molecule has 2 saturated heterocycles. The number of imide groups is 1. The number of amides is 2. The minimum atomic E-state index is -1.29. The number of aryl methyl sites for hydroxylation is 1. The van der Waals surface area contributed by atoms with E-state index in [9.17, 15) is 14.4 Å². The van der Waals surface area contributed by atoms with Crippen LogP contribution in [-0.4, -0.2) is 29.9 Å². The number of hydrogen-bond acceptors (Lipinski definition) is 5. The molecule has 2 aliphatic heterocycles. The van der Waals surface area contributed by atoms with Gasteiger partial charge in [-0.1, -0.05) is 48.0 Å². The fourth-order valence-corrected chi connectivity index (χ4v) is 4.50. The lowest BCUT2D eigenvalue weighted by Gasteiger charge is -2.29. The van der Waals surface area contributed by atoms with E-state index < -0.39 is 29.4 Å². The van der Waals surface area contributed by atoms with E-state index in [1.165, 1.54) is 4.90 Å². The number of hydrogen-bond donors (Lipinski definition) is 1. The highest BCUT2D eigenvalue weighted by Crippen LogP contribution is 2.49. The maximum atomic E-state index is 13.4. The van der Waals surface area contributed by atoms with Gasteiger partial charge < -0.3 is 4.74 Å². The number of ether oxygens (including phenoxy) is 1. The SMILES string of the molecule is CCOC(=O)[C@@]1(C)N[C@@H](c2ccc(C)cc2)[C@H]2C(=O)N(c3ccccc3)C(=O)[C@@H]21. The van der Waals surface area contributed by atoms with Crippen LogP contribution in [0.4, 0.5) is 5.69 Å². The summed E-state index contributed by atoms with van der Waals surface area (Å²) in [5.41, 5.74) is 1.20. The summed E-state index contributed by atoms with van der Waals surface area (Å²) in [4.78, 5) is 40.9. The zero-order valence-electron chi connectivity index (χ0n) is 16.7. The molecule has 2 amide bonds. The van der Waals surface area contributed by atoms with Crippen LogP contribution >= 0.6 is 0 Å². The molecule has 4 atom stereocenters. The lowest BCUT2D eigenvalue weighted by Crippen LogP contribution is -2.54. The van der Waals surface area contributed by atoms with Gasteiger partial charge in [0.1, 0.15) is 5.54 Å². The van der Waals surface area contributed by atoms with Gasteiger partial charge in [0.05, 0.1) is 24.1 Å². The number of rotatable bonds is 4. The van der Waals surface area contributed by atoms with Gasteiger partial charge in [-0.3, -0.25) is 19.7 Å². The van der Waals surface area contributed by atoms with Gasteiger partial charge >= 0.3 is 5.97 Å². The van der Waals surface area contributed by atoms with Crippen LogP contribution in [0.5, 0.6) is 0 Å². The Kier molecular flexibility index (Phi) is 4.74. The molecule has 0 saturated carbocycles. The highest BCUT2D eigenvalue weighted by Gasteiger charge is 2.67. The number of carbonyl (C=O) groups is 3.